The van der Waals surface area contributed by atoms with Gasteiger partial charge in [0.05, 0.1) is 5.02 Å². The second-order valence-corrected chi connectivity index (χ2v) is 9.54. The van der Waals surface area contributed by atoms with Crippen molar-refractivity contribution in [3.05, 3.63) is 27.7 Å². The van der Waals surface area contributed by atoms with Gasteiger partial charge in [-0.2, -0.15) is 23.5 Å². The van der Waals surface area contributed by atoms with Crippen molar-refractivity contribution in [2.75, 3.05) is 23.8 Å². The van der Waals surface area contributed by atoms with Crippen molar-refractivity contribution in [2.45, 2.75) is 16.7 Å². The van der Waals surface area contributed by atoms with Gasteiger partial charge in [-0.1, -0.05) is 23.2 Å². The van der Waals surface area contributed by atoms with Crippen LogP contribution in [0.4, 0.5) is 0 Å². The molecule has 0 amide bonds. The van der Waals surface area contributed by atoms with Crippen molar-refractivity contribution in [1.29, 1.82) is 0 Å². The van der Waals surface area contributed by atoms with Crippen molar-refractivity contribution >= 4 is 56.7 Å². The van der Waals surface area contributed by atoms with Crippen LogP contribution in [0.2, 0.25) is 10.0 Å². The molecule has 1 saturated heterocycles. The fraction of sp³-hybridized carbons (Fsp3) is 0.500. The molecule has 4 nitrogen and oxygen atoms in total. The minimum absolute atomic E-state index is 0.0301. The molecule has 21 heavy (non-hydrogen) atoms. The topological polar surface area (TPSA) is 72.2 Å². The second kappa shape index (κ2) is 7.77. The molecule has 0 radical (unpaired) electrons. The Morgan fingerprint density at radius 3 is 2.71 bits per heavy atom. The molecule has 1 aromatic carbocycles. The van der Waals surface area contributed by atoms with E-state index in [4.69, 9.17) is 28.9 Å². The average Bonchev–Trinajstić information content (AvgIpc) is 2.46. The first kappa shape index (κ1) is 17.7. The molecule has 0 aromatic heterocycles. The highest BCUT2D eigenvalue weighted by molar-refractivity contribution is 8.06. The van der Waals surface area contributed by atoms with Crippen LogP contribution in [-0.2, 0) is 16.6 Å². The van der Waals surface area contributed by atoms with Crippen LogP contribution in [0.3, 0.4) is 0 Å². The van der Waals surface area contributed by atoms with Crippen LogP contribution in [0.25, 0.3) is 0 Å². The number of thioether (sulfide) groups is 2. The lowest BCUT2D eigenvalue weighted by Gasteiger charge is -2.21. The van der Waals surface area contributed by atoms with Crippen LogP contribution in [0.15, 0.2) is 17.0 Å². The smallest absolute Gasteiger partial charge is 0.242 e. The van der Waals surface area contributed by atoms with E-state index in [9.17, 15) is 8.42 Å². The molecule has 1 atom stereocenters. The monoisotopic (exact) mass is 386 g/mol. The van der Waals surface area contributed by atoms with Crippen molar-refractivity contribution < 1.29 is 8.42 Å². The van der Waals surface area contributed by atoms with E-state index in [-0.39, 0.29) is 16.5 Å². The molecule has 0 spiro atoms. The second-order valence-electron chi connectivity index (χ2n) is 4.46. The lowest BCUT2D eigenvalue weighted by molar-refractivity contribution is 0.581. The summed E-state index contributed by atoms with van der Waals surface area (Å²) in [6.07, 6.45) is 0. The SMILES string of the molecule is NCc1c(Cl)ccc(S(=O)(=O)NCC2CSCCS2)c1Cl. The zero-order chi connectivity index (χ0) is 15.5. The molecule has 9 heteroatoms. The number of halogens is 2. The highest BCUT2D eigenvalue weighted by Crippen LogP contribution is 2.31. The molecule has 0 aliphatic carbocycles. The van der Waals surface area contributed by atoms with Gasteiger partial charge in [-0.25, -0.2) is 13.1 Å². The van der Waals surface area contributed by atoms with Gasteiger partial charge in [0.1, 0.15) is 4.90 Å². The van der Waals surface area contributed by atoms with Crippen LogP contribution < -0.4 is 10.5 Å². The van der Waals surface area contributed by atoms with Crippen LogP contribution in [-0.4, -0.2) is 37.5 Å². The van der Waals surface area contributed by atoms with Gasteiger partial charge in [0.2, 0.25) is 10.0 Å². The summed E-state index contributed by atoms with van der Waals surface area (Å²) in [4.78, 5) is 0.0301. The molecule has 1 aliphatic rings. The van der Waals surface area contributed by atoms with Crippen molar-refractivity contribution in [2.24, 2.45) is 5.73 Å². The van der Waals surface area contributed by atoms with Gasteiger partial charge in [0, 0.05) is 46.2 Å². The predicted octanol–water partition coefficient (Wildman–Crippen LogP) is 2.58. The highest BCUT2D eigenvalue weighted by atomic mass is 35.5. The van der Waals surface area contributed by atoms with Gasteiger partial charge in [-0.05, 0) is 12.1 Å². The van der Waals surface area contributed by atoms with Gasteiger partial charge < -0.3 is 5.73 Å². The number of rotatable bonds is 5. The number of hydrogen-bond acceptors (Lipinski definition) is 5. The molecule has 0 bridgehead atoms. The number of hydrogen-bond donors (Lipinski definition) is 2. The molecule has 0 saturated carbocycles. The van der Waals surface area contributed by atoms with E-state index in [1.807, 2.05) is 11.8 Å². The maximum atomic E-state index is 12.4. The molecule has 1 unspecified atom stereocenters. The first-order chi connectivity index (χ1) is 9.95. The van der Waals surface area contributed by atoms with Crippen molar-refractivity contribution in [3.8, 4) is 0 Å². The summed E-state index contributed by atoms with van der Waals surface area (Å²) < 4.78 is 27.4. The Bertz CT molecular complexity index is 605. The Balaban J connectivity index is 2.15. The molecular weight excluding hydrogens is 371 g/mol. The van der Waals surface area contributed by atoms with Gasteiger partial charge in [-0.3, -0.25) is 0 Å². The summed E-state index contributed by atoms with van der Waals surface area (Å²) in [5.41, 5.74) is 6.01. The third kappa shape index (κ3) is 4.43. The Kier molecular flexibility index (Phi) is 6.55. The zero-order valence-corrected chi connectivity index (χ0v) is 15.1. The maximum absolute atomic E-state index is 12.4. The quantitative estimate of drug-likeness (QED) is 0.813. The highest BCUT2D eigenvalue weighted by Gasteiger charge is 2.23. The Morgan fingerprint density at radius 1 is 1.33 bits per heavy atom. The molecule has 1 fully saturated rings. The number of benzene rings is 1. The van der Waals surface area contributed by atoms with Crippen molar-refractivity contribution in [3.63, 3.8) is 0 Å². The summed E-state index contributed by atoms with van der Waals surface area (Å²) in [5.74, 6) is 3.13. The lowest BCUT2D eigenvalue weighted by Crippen LogP contribution is -2.33. The molecular formula is C12H16Cl2N2O2S3. The molecule has 1 aromatic rings. The van der Waals surface area contributed by atoms with E-state index in [0.29, 0.717) is 22.4 Å². The van der Waals surface area contributed by atoms with Crippen LogP contribution in [0.5, 0.6) is 0 Å². The van der Waals surface area contributed by atoms with Crippen LogP contribution in [0.1, 0.15) is 5.56 Å². The first-order valence-electron chi connectivity index (χ1n) is 6.31. The average molecular weight is 387 g/mol. The van der Waals surface area contributed by atoms with Gasteiger partial charge in [0.15, 0.2) is 0 Å². The van der Waals surface area contributed by atoms with Crippen molar-refractivity contribution in [1.82, 2.24) is 4.72 Å². The van der Waals surface area contributed by atoms with E-state index in [1.165, 1.54) is 12.1 Å². The molecule has 1 aliphatic heterocycles. The minimum Gasteiger partial charge on any atom is -0.326 e. The maximum Gasteiger partial charge on any atom is 0.242 e. The number of sulfonamides is 1. The minimum atomic E-state index is -3.66. The Hall–Kier alpha value is 0.370. The Labute approximate surface area is 143 Å². The molecule has 2 rings (SSSR count). The third-order valence-electron chi connectivity index (χ3n) is 3.03. The zero-order valence-electron chi connectivity index (χ0n) is 11.1. The summed E-state index contributed by atoms with van der Waals surface area (Å²) in [5, 5.41) is 0.766. The van der Waals surface area contributed by atoms with E-state index in [0.717, 1.165) is 17.3 Å². The fourth-order valence-electron chi connectivity index (χ4n) is 1.91. The lowest BCUT2D eigenvalue weighted by atomic mass is 10.2. The van der Waals surface area contributed by atoms with E-state index < -0.39 is 10.0 Å². The largest absolute Gasteiger partial charge is 0.326 e. The number of nitrogens with one attached hydrogen (secondary N) is 1. The van der Waals surface area contributed by atoms with Gasteiger partial charge in [0.25, 0.3) is 0 Å². The third-order valence-corrected chi connectivity index (χ3v) is 8.24. The molecule has 1 heterocycles. The summed E-state index contributed by atoms with van der Waals surface area (Å²) in [6.45, 7) is 0.493. The number of nitrogens with two attached hydrogens (primary N) is 1. The van der Waals surface area contributed by atoms with E-state index in [2.05, 4.69) is 4.72 Å². The van der Waals surface area contributed by atoms with E-state index in [1.54, 1.807) is 11.8 Å². The predicted molar refractivity (Wildman–Crippen MR) is 93.1 cm³/mol. The normalized spacial score (nSPS) is 19.7. The summed E-state index contributed by atoms with van der Waals surface area (Å²) in [7, 11) is -3.66. The standard InChI is InChI=1S/C12H16Cl2N2O2S3/c13-10-1-2-11(12(14)9(10)5-15)21(17,18)16-6-8-7-19-3-4-20-8/h1-2,8,16H,3-7,15H2. The molecule has 118 valence electrons. The molecule has 3 N–H and O–H groups in total. The Morgan fingerprint density at radius 2 is 2.10 bits per heavy atom. The van der Waals surface area contributed by atoms with E-state index >= 15 is 0 Å². The van der Waals surface area contributed by atoms with Gasteiger partial charge >= 0.3 is 0 Å². The fourth-order valence-corrected chi connectivity index (χ4v) is 6.64. The van der Waals surface area contributed by atoms with Crippen LogP contribution >= 0.6 is 46.7 Å². The summed E-state index contributed by atoms with van der Waals surface area (Å²) >= 11 is 15.7. The van der Waals surface area contributed by atoms with Crippen LogP contribution in [0, 0.1) is 0 Å². The first-order valence-corrected chi connectivity index (χ1v) is 10.8. The van der Waals surface area contributed by atoms with Gasteiger partial charge in [-0.15, -0.1) is 0 Å². The summed E-state index contributed by atoms with van der Waals surface area (Å²) in [6, 6.07) is 2.92.